The maximum Gasteiger partial charge on any atom is 0.265 e. The van der Waals surface area contributed by atoms with Crippen LogP contribution in [0.25, 0.3) is 0 Å². The summed E-state index contributed by atoms with van der Waals surface area (Å²) in [6.45, 7) is 5.67. The summed E-state index contributed by atoms with van der Waals surface area (Å²) in [7, 11) is 0. The van der Waals surface area contributed by atoms with Crippen molar-refractivity contribution in [2.75, 3.05) is 32.8 Å². The molecule has 1 saturated heterocycles. The quantitative estimate of drug-likeness (QED) is 0.814. The Morgan fingerprint density at radius 1 is 1.00 bits per heavy atom. The molecule has 4 rings (SSSR count). The van der Waals surface area contributed by atoms with E-state index >= 15 is 0 Å². The lowest BCUT2D eigenvalue weighted by Crippen LogP contribution is -2.56. The lowest BCUT2D eigenvalue weighted by molar-refractivity contribution is -0.140. The monoisotopic (exact) mass is 409 g/mol. The van der Waals surface area contributed by atoms with Crippen LogP contribution in [-0.4, -0.2) is 66.5 Å². The Morgan fingerprint density at radius 2 is 1.67 bits per heavy atom. The third kappa shape index (κ3) is 4.74. The third-order valence-corrected chi connectivity index (χ3v) is 5.46. The van der Waals surface area contributed by atoms with Crippen LogP contribution in [0.3, 0.4) is 0 Å². The van der Waals surface area contributed by atoms with Crippen LogP contribution in [0, 0.1) is 0 Å². The maximum atomic E-state index is 12.8. The van der Waals surface area contributed by atoms with Crippen molar-refractivity contribution in [3.63, 3.8) is 0 Å². The van der Waals surface area contributed by atoms with Crippen LogP contribution in [0.5, 0.6) is 11.5 Å². The molecule has 0 aliphatic carbocycles. The first-order chi connectivity index (χ1) is 14.6. The van der Waals surface area contributed by atoms with Gasteiger partial charge in [0, 0.05) is 32.7 Å². The average molecular weight is 409 g/mol. The molecule has 1 N–H and O–H groups in total. The number of nitrogens with one attached hydrogen (secondary N) is 1. The fourth-order valence-corrected chi connectivity index (χ4v) is 3.76. The Kier molecular flexibility index (Phi) is 6.18. The van der Waals surface area contributed by atoms with Crippen molar-refractivity contribution < 1.29 is 19.1 Å². The molecule has 158 valence electrons. The van der Waals surface area contributed by atoms with Crippen molar-refractivity contribution >= 4 is 11.8 Å². The Morgan fingerprint density at radius 3 is 2.40 bits per heavy atom. The summed E-state index contributed by atoms with van der Waals surface area (Å²) in [6, 6.07) is 17.0. The number of nitrogens with zero attached hydrogens (tertiary/aromatic N) is 2. The zero-order chi connectivity index (χ0) is 20.9. The van der Waals surface area contributed by atoms with Crippen molar-refractivity contribution in [2.24, 2.45) is 0 Å². The average Bonchev–Trinajstić information content (AvgIpc) is 2.79. The number of fused-ring (bicyclic) bond motifs is 1. The predicted molar refractivity (Wildman–Crippen MR) is 112 cm³/mol. The molecule has 1 fully saturated rings. The highest BCUT2D eigenvalue weighted by atomic mass is 16.6. The fraction of sp³-hybridized carbons (Fsp3) is 0.391. The molecule has 2 aromatic rings. The lowest BCUT2D eigenvalue weighted by Gasteiger charge is -2.36. The largest absolute Gasteiger partial charge is 0.485 e. The lowest BCUT2D eigenvalue weighted by atomic mass is 10.2. The predicted octanol–water partition coefficient (Wildman–Crippen LogP) is 1.68. The second-order valence-electron chi connectivity index (χ2n) is 7.68. The molecule has 7 heteroatoms. The molecule has 2 amide bonds. The molecule has 0 spiro atoms. The molecule has 2 aliphatic heterocycles. The number of amides is 2. The number of hydrogen-bond donors (Lipinski definition) is 1. The van der Waals surface area contributed by atoms with Crippen LogP contribution >= 0.6 is 0 Å². The summed E-state index contributed by atoms with van der Waals surface area (Å²) < 4.78 is 11.3. The van der Waals surface area contributed by atoms with Gasteiger partial charge in [-0.1, -0.05) is 42.5 Å². The van der Waals surface area contributed by atoms with Gasteiger partial charge in [0.15, 0.2) is 11.5 Å². The van der Waals surface area contributed by atoms with E-state index in [1.165, 1.54) is 5.56 Å². The molecule has 2 heterocycles. The number of ether oxygens (including phenoxy) is 2. The van der Waals surface area contributed by atoms with Gasteiger partial charge in [0.2, 0.25) is 12.0 Å². The molecule has 0 bridgehead atoms. The second kappa shape index (κ2) is 9.17. The summed E-state index contributed by atoms with van der Waals surface area (Å²) in [5.74, 6) is 0.754. The minimum absolute atomic E-state index is 0.0696. The first kappa shape index (κ1) is 20.2. The van der Waals surface area contributed by atoms with Gasteiger partial charge < -0.3 is 19.7 Å². The molecule has 0 aromatic heterocycles. The summed E-state index contributed by atoms with van der Waals surface area (Å²) in [4.78, 5) is 29.5. The normalized spacial score (nSPS) is 19.8. The molecule has 0 radical (unpaired) electrons. The van der Waals surface area contributed by atoms with Crippen molar-refractivity contribution in [2.45, 2.75) is 25.6 Å². The van der Waals surface area contributed by atoms with Crippen LogP contribution in [0.15, 0.2) is 54.6 Å². The van der Waals surface area contributed by atoms with E-state index in [1.807, 2.05) is 35.2 Å². The van der Waals surface area contributed by atoms with E-state index in [1.54, 1.807) is 19.1 Å². The summed E-state index contributed by atoms with van der Waals surface area (Å²) in [5.41, 5.74) is 1.27. The SMILES string of the molecule is CC(NC(=O)C1COc2ccccc2O1)C(=O)N1CCN(Cc2ccccc2)CC1. The molecule has 2 aliphatic rings. The highest BCUT2D eigenvalue weighted by Gasteiger charge is 2.31. The van der Waals surface area contributed by atoms with Gasteiger partial charge in [-0.3, -0.25) is 14.5 Å². The minimum atomic E-state index is -0.766. The van der Waals surface area contributed by atoms with Crippen molar-refractivity contribution in [3.05, 3.63) is 60.2 Å². The highest BCUT2D eigenvalue weighted by molar-refractivity contribution is 5.89. The van der Waals surface area contributed by atoms with Gasteiger partial charge in [-0.05, 0) is 24.6 Å². The van der Waals surface area contributed by atoms with Gasteiger partial charge >= 0.3 is 0 Å². The zero-order valence-electron chi connectivity index (χ0n) is 17.1. The molecular weight excluding hydrogens is 382 g/mol. The summed E-state index contributed by atoms with van der Waals surface area (Å²) in [5, 5.41) is 2.78. The van der Waals surface area contributed by atoms with Crippen LogP contribution in [0.2, 0.25) is 0 Å². The van der Waals surface area contributed by atoms with E-state index in [0.717, 1.165) is 19.6 Å². The van der Waals surface area contributed by atoms with Gasteiger partial charge in [0.25, 0.3) is 5.91 Å². The first-order valence-electron chi connectivity index (χ1n) is 10.3. The van der Waals surface area contributed by atoms with Crippen molar-refractivity contribution in [1.82, 2.24) is 15.1 Å². The minimum Gasteiger partial charge on any atom is -0.485 e. The highest BCUT2D eigenvalue weighted by Crippen LogP contribution is 2.30. The van der Waals surface area contributed by atoms with Gasteiger partial charge in [0.05, 0.1) is 0 Å². The van der Waals surface area contributed by atoms with E-state index in [-0.39, 0.29) is 18.4 Å². The Labute approximate surface area is 176 Å². The van der Waals surface area contributed by atoms with E-state index in [4.69, 9.17) is 9.47 Å². The number of benzene rings is 2. The molecular formula is C23H27N3O4. The first-order valence-corrected chi connectivity index (χ1v) is 10.3. The smallest absolute Gasteiger partial charge is 0.265 e. The molecule has 30 heavy (non-hydrogen) atoms. The Balaban J connectivity index is 1.25. The number of carbonyl (C=O) groups excluding carboxylic acids is 2. The van der Waals surface area contributed by atoms with Crippen LogP contribution in [0.4, 0.5) is 0 Å². The van der Waals surface area contributed by atoms with Gasteiger partial charge in [-0.2, -0.15) is 0 Å². The topological polar surface area (TPSA) is 71.1 Å². The van der Waals surface area contributed by atoms with Crippen LogP contribution < -0.4 is 14.8 Å². The second-order valence-corrected chi connectivity index (χ2v) is 7.68. The number of piperazine rings is 1. The van der Waals surface area contributed by atoms with Crippen molar-refractivity contribution in [3.8, 4) is 11.5 Å². The molecule has 2 aromatic carbocycles. The van der Waals surface area contributed by atoms with Crippen molar-refractivity contribution in [1.29, 1.82) is 0 Å². The van der Waals surface area contributed by atoms with Gasteiger partial charge in [-0.25, -0.2) is 0 Å². The Hall–Kier alpha value is -3.06. The molecule has 7 nitrogen and oxygen atoms in total. The van der Waals surface area contributed by atoms with Crippen LogP contribution in [0.1, 0.15) is 12.5 Å². The van der Waals surface area contributed by atoms with Gasteiger partial charge in [0.1, 0.15) is 12.6 Å². The summed E-state index contributed by atoms with van der Waals surface area (Å²) >= 11 is 0. The molecule has 2 unspecified atom stereocenters. The fourth-order valence-electron chi connectivity index (χ4n) is 3.76. The maximum absolute atomic E-state index is 12.8. The molecule has 2 atom stereocenters. The third-order valence-electron chi connectivity index (χ3n) is 5.46. The van der Waals surface area contributed by atoms with E-state index in [2.05, 4.69) is 22.3 Å². The number of para-hydroxylation sites is 2. The molecule has 0 saturated carbocycles. The van der Waals surface area contributed by atoms with E-state index < -0.39 is 12.1 Å². The Bertz CT molecular complexity index is 881. The van der Waals surface area contributed by atoms with Crippen LogP contribution in [-0.2, 0) is 16.1 Å². The number of hydrogen-bond acceptors (Lipinski definition) is 5. The number of rotatable bonds is 5. The summed E-state index contributed by atoms with van der Waals surface area (Å²) in [6.07, 6.45) is -0.766. The van der Waals surface area contributed by atoms with Gasteiger partial charge in [-0.15, -0.1) is 0 Å². The van der Waals surface area contributed by atoms with E-state index in [9.17, 15) is 9.59 Å². The van der Waals surface area contributed by atoms with E-state index in [0.29, 0.717) is 24.6 Å². The number of carbonyl (C=O) groups is 2. The zero-order valence-corrected chi connectivity index (χ0v) is 17.1. The standard InChI is InChI=1S/C23H27N3O4/c1-17(24-22(27)21-16-29-19-9-5-6-10-20(19)30-21)23(28)26-13-11-25(12-14-26)15-18-7-3-2-4-8-18/h2-10,17,21H,11-16H2,1H3,(H,24,27).